The predicted octanol–water partition coefficient (Wildman–Crippen LogP) is 5.70. The van der Waals surface area contributed by atoms with Gasteiger partial charge < -0.3 is 10.8 Å². The Labute approximate surface area is 244 Å². The van der Waals surface area contributed by atoms with Gasteiger partial charge in [-0.2, -0.15) is 5.48 Å². The maximum Gasteiger partial charge on any atom is 0.303 e. The summed E-state index contributed by atoms with van der Waals surface area (Å²) < 4.78 is 42.3. The van der Waals surface area contributed by atoms with Crippen LogP contribution in [0.2, 0.25) is 0 Å². The molecule has 0 spiro atoms. The van der Waals surface area contributed by atoms with Crippen molar-refractivity contribution in [1.29, 1.82) is 0 Å². The molecule has 1 aliphatic rings. The normalized spacial score (nSPS) is 18.8. The molecule has 0 bridgehead atoms. The Morgan fingerprint density at radius 2 is 1.86 bits per heavy atom. The molecule has 1 saturated heterocycles. The number of nitrogens with two attached hydrogens (primary N) is 1. The Balaban J connectivity index is 1.46. The van der Waals surface area contributed by atoms with Crippen LogP contribution in [0.3, 0.4) is 0 Å². The minimum absolute atomic E-state index is 0.00393. The van der Waals surface area contributed by atoms with E-state index in [0.29, 0.717) is 53.8 Å². The number of rotatable bonds is 9. The molecule has 1 aliphatic heterocycles. The number of carbonyl (C=O) groups is 1. The minimum atomic E-state index is -1.06. The SMILES string of the molecule is CC(=Nc1cc(F)c(F)cc1N)[C@@]1(C)CC(c2ccc3c(=O)n(-c4ccc(F)cc4)c(CCCCC(=O)O)nc3c2)NO1. The van der Waals surface area contributed by atoms with Gasteiger partial charge in [0.15, 0.2) is 11.6 Å². The monoisotopic (exact) mass is 593 g/mol. The lowest BCUT2D eigenvalue weighted by atomic mass is 9.90. The van der Waals surface area contributed by atoms with Crippen molar-refractivity contribution in [3.63, 3.8) is 0 Å². The second-order valence-electron chi connectivity index (χ2n) is 10.8. The van der Waals surface area contributed by atoms with Gasteiger partial charge in [-0.25, -0.2) is 18.2 Å². The fourth-order valence-electron chi connectivity index (χ4n) is 5.08. The number of anilines is 1. The molecule has 4 aromatic rings. The second kappa shape index (κ2) is 12.0. The molecule has 3 aromatic carbocycles. The molecular weight excluding hydrogens is 563 g/mol. The number of aryl methyl sites for hydroxylation is 1. The van der Waals surface area contributed by atoms with E-state index in [0.717, 1.165) is 17.7 Å². The summed E-state index contributed by atoms with van der Waals surface area (Å²) in [7, 11) is 0. The van der Waals surface area contributed by atoms with E-state index in [4.69, 9.17) is 20.7 Å². The van der Waals surface area contributed by atoms with Gasteiger partial charge in [-0.05, 0) is 68.7 Å². The average molecular weight is 594 g/mol. The summed E-state index contributed by atoms with van der Waals surface area (Å²) in [6, 6.07) is 12.3. The number of unbranched alkanes of at least 4 members (excludes halogenated alkanes) is 1. The van der Waals surface area contributed by atoms with Crippen LogP contribution in [0.25, 0.3) is 16.6 Å². The van der Waals surface area contributed by atoms with E-state index < -0.39 is 29.0 Å². The van der Waals surface area contributed by atoms with Crippen LogP contribution < -0.4 is 16.8 Å². The van der Waals surface area contributed by atoms with E-state index in [1.54, 1.807) is 25.1 Å². The van der Waals surface area contributed by atoms with E-state index in [-0.39, 0.29) is 29.4 Å². The van der Waals surface area contributed by atoms with E-state index in [1.807, 2.05) is 6.92 Å². The highest BCUT2D eigenvalue weighted by molar-refractivity contribution is 5.93. The fourth-order valence-corrected chi connectivity index (χ4v) is 5.08. The molecule has 0 amide bonds. The number of hydrogen-bond acceptors (Lipinski definition) is 7. The number of aliphatic carboxylic acids is 1. The van der Waals surface area contributed by atoms with Gasteiger partial charge in [0.05, 0.1) is 34.0 Å². The number of aliphatic imine (C=N–C) groups is 1. The van der Waals surface area contributed by atoms with Gasteiger partial charge in [0.25, 0.3) is 5.56 Å². The summed E-state index contributed by atoms with van der Waals surface area (Å²) in [4.78, 5) is 39.8. The van der Waals surface area contributed by atoms with Crippen molar-refractivity contribution in [2.45, 2.75) is 57.6 Å². The van der Waals surface area contributed by atoms with Crippen molar-refractivity contribution >= 4 is 34.0 Å². The summed E-state index contributed by atoms with van der Waals surface area (Å²) in [6.07, 6.45) is 1.65. The van der Waals surface area contributed by atoms with Crippen LogP contribution in [0.1, 0.15) is 57.0 Å². The maximum absolute atomic E-state index is 13.8. The molecule has 0 radical (unpaired) electrons. The Hall–Kier alpha value is -4.55. The zero-order valence-corrected chi connectivity index (χ0v) is 23.5. The molecule has 1 fully saturated rings. The van der Waals surface area contributed by atoms with Crippen LogP contribution in [0.4, 0.5) is 24.5 Å². The third-order valence-corrected chi connectivity index (χ3v) is 7.63. The third kappa shape index (κ3) is 6.30. The van der Waals surface area contributed by atoms with Gasteiger partial charge in [0, 0.05) is 37.1 Å². The zero-order chi connectivity index (χ0) is 30.9. The highest BCUT2D eigenvalue weighted by Gasteiger charge is 2.40. The number of hydroxylamine groups is 1. The van der Waals surface area contributed by atoms with Crippen molar-refractivity contribution in [1.82, 2.24) is 15.0 Å². The van der Waals surface area contributed by atoms with Gasteiger partial charge in [-0.1, -0.05) is 6.07 Å². The molecule has 0 aliphatic carbocycles. The average Bonchev–Trinajstić information content (AvgIpc) is 3.38. The smallest absolute Gasteiger partial charge is 0.303 e. The van der Waals surface area contributed by atoms with Crippen LogP contribution in [-0.2, 0) is 16.1 Å². The highest BCUT2D eigenvalue weighted by atomic mass is 19.2. The Kier molecular flexibility index (Phi) is 8.34. The molecule has 2 atom stereocenters. The summed E-state index contributed by atoms with van der Waals surface area (Å²) in [5, 5.41) is 9.36. The lowest BCUT2D eigenvalue weighted by Crippen LogP contribution is -2.33. The Morgan fingerprint density at radius 1 is 1.14 bits per heavy atom. The number of nitrogens with one attached hydrogen (secondary N) is 1. The van der Waals surface area contributed by atoms with E-state index >= 15 is 0 Å². The molecular formula is C31H30F3N5O4. The van der Waals surface area contributed by atoms with E-state index in [9.17, 15) is 22.8 Å². The van der Waals surface area contributed by atoms with Crippen LogP contribution in [-0.4, -0.2) is 31.9 Å². The number of nitrogen functional groups attached to an aromatic ring is 1. The molecule has 2 heterocycles. The summed E-state index contributed by atoms with van der Waals surface area (Å²) in [5.74, 6) is -3.03. The third-order valence-electron chi connectivity index (χ3n) is 7.63. The molecule has 1 unspecified atom stereocenters. The molecule has 0 saturated carbocycles. The first kappa shape index (κ1) is 29.9. The number of aromatic nitrogens is 2. The number of nitrogens with zero attached hydrogens (tertiary/aromatic N) is 3. The maximum atomic E-state index is 13.8. The first-order valence-electron chi connectivity index (χ1n) is 13.7. The van der Waals surface area contributed by atoms with Crippen molar-refractivity contribution in [2.24, 2.45) is 4.99 Å². The number of carboxylic acid groups (broad SMARTS) is 1. The van der Waals surface area contributed by atoms with Crippen molar-refractivity contribution in [3.05, 3.63) is 93.8 Å². The summed E-state index contributed by atoms with van der Waals surface area (Å²) in [5.41, 5.74) is 9.87. The zero-order valence-electron chi connectivity index (χ0n) is 23.5. The summed E-state index contributed by atoms with van der Waals surface area (Å²) >= 11 is 0. The number of fused-ring (bicyclic) bond motifs is 1. The van der Waals surface area contributed by atoms with Gasteiger partial charge in [0.2, 0.25) is 0 Å². The van der Waals surface area contributed by atoms with Crippen LogP contribution in [0.5, 0.6) is 0 Å². The van der Waals surface area contributed by atoms with Crippen LogP contribution >= 0.6 is 0 Å². The molecule has 1 aromatic heterocycles. The number of hydrogen-bond donors (Lipinski definition) is 3. The number of carboxylic acids is 1. The van der Waals surface area contributed by atoms with Crippen LogP contribution in [0, 0.1) is 17.5 Å². The standard InChI is InChI=1S/C31H30F3N5O4/c1-17(36-26-15-23(34)22(33)14-24(26)35)31(2)16-27(38-43-31)18-7-12-21-25(13-18)37-28(5-3-4-6-29(40)41)39(30(21)42)20-10-8-19(32)9-11-20/h7-15,27,38H,3-6,16,35H2,1-2H3,(H,40,41)/t27?,31-/m1/s1. The topological polar surface area (TPSA) is 132 Å². The number of halogens is 3. The van der Waals surface area contributed by atoms with Gasteiger partial charge in [-0.3, -0.25) is 24.0 Å². The Morgan fingerprint density at radius 3 is 2.58 bits per heavy atom. The quantitative estimate of drug-likeness (QED) is 0.129. The number of benzene rings is 3. The van der Waals surface area contributed by atoms with Gasteiger partial charge >= 0.3 is 5.97 Å². The lowest BCUT2D eigenvalue weighted by molar-refractivity contribution is -0.137. The fraction of sp³-hybridized carbons (Fsp3) is 0.290. The highest BCUT2D eigenvalue weighted by Crippen LogP contribution is 2.36. The second-order valence-corrected chi connectivity index (χ2v) is 10.8. The molecule has 5 rings (SSSR count). The van der Waals surface area contributed by atoms with Crippen LogP contribution in [0.15, 0.2) is 64.4 Å². The largest absolute Gasteiger partial charge is 0.481 e. The Bertz CT molecular complexity index is 1790. The molecule has 9 nitrogen and oxygen atoms in total. The van der Waals surface area contributed by atoms with Crippen molar-refractivity contribution in [2.75, 3.05) is 5.73 Å². The van der Waals surface area contributed by atoms with Gasteiger partial charge in [-0.15, -0.1) is 0 Å². The molecule has 4 N–H and O–H groups in total. The first-order chi connectivity index (χ1) is 20.4. The van der Waals surface area contributed by atoms with E-state index in [1.165, 1.54) is 28.8 Å². The van der Waals surface area contributed by atoms with Gasteiger partial charge in [0.1, 0.15) is 17.2 Å². The molecule has 12 heteroatoms. The lowest BCUT2D eigenvalue weighted by Gasteiger charge is -2.21. The molecule has 43 heavy (non-hydrogen) atoms. The predicted molar refractivity (Wildman–Crippen MR) is 156 cm³/mol. The summed E-state index contributed by atoms with van der Waals surface area (Å²) in [6.45, 7) is 3.52. The minimum Gasteiger partial charge on any atom is -0.481 e. The van der Waals surface area contributed by atoms with Crippen molar-refractivity contribution in [3.8, 4) is 5.69 Å². The molecule has 224 valence electrons. The van der Waals surface area contributed by atoms with E-state index in [2.05, 4.69) is 10.5 Å². The first-order valence-corrected chi connectivity index (χ1v) is 13.7. The van der Waals surface area contributed by atoms with Crippen molar-refractivity contribution < 1.29 is 27.9 Å².